The molecule has 0 radical (unpaired) electrons. The summed E-state index contributed by atoms with van der Waals surface area (Å²) in [6, 6.07) is 8.72. The first kappa shape index (κ1) is 20.7. The molecule has 2 aromatic rings. The molecule has 0 spiro atoms. The summed E-state index contributed by atoms with van der Waals surface area (Å²) in [6.07, 6.45) is 0.955. The van der Waals surface area contributed by atoms with E-state index >= 15 is 0 Å². The van der Waals surface area contributed by atoms with Crippen molar-refractivity contribution in [1.29, 1.82) is 0 Å². The summed E-state index contributed by atoms with van der Waals surface area (Å²) >= 11 is 3.31. The van der Waals surface area contributed by atoms with Gasteiger partial charge in [-0.25, -0.2) is 0 Å². The van der Waals surface area contributed by atoms with Crippen molar-refractivity contribution < 1.29 is 24.4 Å². The molecule has 29 heavy (non-hydrogen) atoms. The van der Waals surface area contributed by atoms with Crippen molar-refractivity contribution in [2.45, 2.75) is 12.0 Å². The van der Waals surface area contributed by atoms with Crippen molar-refractivity contribution in [2.75, 3.05) is 18.6 Å². The molecule has 1 aliphatic rings. The molecule has 2 aromatic carbocycles. The summed E-state index contributed by atoms with van der Waals surface area (Å²) in [6.45, 7) is 3.79. The van der Waals surface area contributed by atoms with Crippen molar-refractivity contribution in [1.82, 2.24) is 0 Å². The molecule has 0 bridgehead atoms. The molecule has 0 aliphatic carbocycles. The number of ether oxygens (including phenoxy) is 1. The Hall–Kier alpha value is -3.04. The molecule has 8 nitrogen and oxygen atoms in total. The zero-order valence-electron chi connectivity index (χ0n) is 15.4. The predicted molar refractivity (Wildman–Crippen MR) is 109 cm³/mol. The second-order valence-corrected chi connectivity index (χ2v) is 7.39. The van der Waals surface area contributed by atoms with Gasteiger partial charge in [0.05, 0.1) is 24.1 Å². The van der Waals surface area contributed by atoms with Gasteiger partial charge in [-0.1, -0.05) is 22.0 Å². The van der Waals surface area contributed by atoms with Crippen LogP contribution < -0.4 is 9.64 Å². The molecular weight excluding hydrogens is 444 g/mol. The van der Waals surface area contributed by atoms with Crippen molar-refractivity contribution in [3.8, 4) is 5.75 Å². The first-order valence-electron chi connectivity index (χ1n) is 8.54. The van der Waals surface area contributed by atoms with E-state index in [4.69, 9.17) is 4.74 Å². The van der Waals surface area contributed by atoms with Crippen molar-refractivity contribution in [3.63, 3.8) is 0 Å². The van der Waals surface area contributed by atoms with Gasteiger partial charge in [-0.15, -0.1) is 6.58 Å². The number of nitrogens with zero attached hydrogens (tertiary/aromatic N) is 2. The van der Waals surface area contributed by atoms with Gasteiger partial charge in [0.1, 0.15) is 0 Å². The third-order valence-electron chi connectivity index (χ3n) is 4.72. The molecule has 1 atom stereocenters. The lowest BCUT2D eigenvalue weighted by Crippen LogP contribution is -2.41. The number of methoxy groups -OCH3 is 1. The first-order chi connectivity index (χ1) is 13.7. The lowest BCUT2D eigenvalue weighted by Gasteiger charge is -2.22. The van der Waals surface area contributed by atoms with Crippen LogP contribution in [-0.2, 0) is 10.4 Å². The second-order valence-electron chi connectivity index (χ2n) is 6.47. The quantitative estimate of drug-likeness (QED) is 0.293. The van der Waals surface area contributed by atoms with Gasteiger partial charge in [0.15, 0.2) is 17.1 Å². The molecule has 0 saturated carbocycles. The van der Waals surface area contributed by atoms with Gasteiger partial charge < -0.3 is 14.7 Å². The summed E-state index contributed by atoms with van der Waals surface area (Å²) in [5.74, 6) is -1.26. The van der Waals surface area contributed by atoms with E-state index in [0.29, 0.717) is 10.2 Å². The number of rotatable bonds is 7. The minimum Gasteiger partial charge on any atom is -0.490 e. The molecule has 0 fully saturated rings. The fraction of sp³-hybridized carbons (Fsp3) is 0.200. The number of carbonyl (C=O) groups excluding carboxylic acids is 2. The number of hydrogen-bond acceptors (Lipinski definition) is 6. The molecule has 1 heterocycles. The standard InChI is InChI=1S/C20H17BrN2O6/c1-3-8-22-15-6-5-13(21)10-14(15)20(26,19(22)25)11-17(24)12-4-7-18(29-2)16(9-12)23(27)28/h3-7,9-10,26H,1,8,11H2,2H3/t20-/m1/s1. The molecule has 0 aromatic heterocycles. The number of anilines is 1. The maximum Gasteiger partial charge on any atom is 0.311 e. The van der Waals surface area contributed by atoms with Crippen molar-refractivity contribution in [3.05, 3.63) is 74.8 Å². The number of aliphatic hydroxyl groups is 1. The number of hydrogen-bond donors (Lipinski definition) is 1. The van der Waals surface area contributed by atoms with Crippen LogP contribution in [0.15, 0.2) is 53.5 Å². The Morgan fingerprint density at radius 3 is 2.72 bits per heavy atom. The molecular formula is C20H17BrN2O6. The number of Topliss-reactive ketones (excluding diaryl/α,β-unsaturated/α-hetero) is 1. The predicted octanol–water partition coefficient (Wildman–Crippen LogP) is 3.36. The smallest absolute Gasteiger partial charge is 0.311 e. The maximum absolute atomic E-state index is 13.0. The number of carbonyl (C=O) groups is 2. The van der Waals surface area contributed by atoms with Gasteiger partial charge in [0, 0.05) is 28.2 Å². The fourth-order valence-electron chi connectivity index (χ4n) is 3.34. The average molecular weight is 461 g/mol. The highest BCUT2D eigenvalue weighted by molar-refractivity contribution is 9.10. The van der Waals surface area contributed by atoms with Crippen LogP contribution in [0.4, 0.5) is 11.4 Å². The monoisotopic (exact) mass is 460 g/mol. The minimum atomic E-state index is -2.09. The van der Waals surface area contributed by atoms with Crippen LogP contribution >= 0.6 is 15.9 Å². The molecule has 150 valence electrons. The van der Waals surface area contributed by atoms with Crippen LogP contribution in [0.25, 0.3) is 0 Å². The Labute approximate surface area is 174 Å². The third kappa shape index (κ3) is 3.54. The van der Waals surface area contributed by atoms with Crippen LogP contribution in [0.1, 0.15) is 22.3 Å². The number of benzene rings is 2. The Morgan fingerprint density at radius 1 is 1.38 bits per heavy atom. The van der Waals surface area contributed by atoms with E-state index in [1.807, 2.05) is 0 Å². The Kier molecular flexibility index (Phi) is 5.54. The number of nitro benzene ring substituents is 1. The van der Waals surface area contributed by atoms with E-state index in [1.54, 1.807) is 18.2 Å². The van der Waals surface area contributed by atoms with Crippen LogP contribution in [-0.4, -0.2) is 35.4 Å². The maximum atomic E-state index is 13.0. The Balaban J connectivity index is 2.01. The minimum absolute atomic E-state index is 0.00237. The van der Waals surface area contributed by atoms with Crippen LogP contribution in [0.5, 0.6) is 5.75 Å². The molecule has 3 rings (SSSR count). The third-order valence-corrected chi connectivity index (χ3v) is 5.21. The summed E-state index contributed by atoms with van der Waals surface area (Å²) in [4.78, 5) is 37.7. The highest BCUT2D eigenvalue weighted by Crippen LogP contribution is 2.44. The summed E-state index contributed by atoms with van der Waals surface area (Å²) in [7, 11) is 1.28. The van der Waals surface area contributed by atoms with Gasteiger partial charge in [-0.2, -0.15) is 0 Å². The Bertz CT molecular complexity index is 1040. The van der Waals surface area contributed by atoms with Gasteiger partial charge >= 0.3 is 5.69 Å². The molecule has 1 amide bonds. The molecule has 9 heteroatoms. The van der Waals surface area contributed by atoms with Crippen LogP contribution in [0.2, 0.25) is 0 Å². The van der Waals surface area contributed by atoms with E-state index in [1.165, 1.54) is 30.2 Å². The van der Waals surface area contributed by atoms with Gasteiger partial charge in [-0.05, 0) is 30.3 Å². The summed E-state index contributed by atoms with van der Waals surface area (Å²) in [5.41, 5.74) is -1.70. The number of fused-ring (bicyclic) bond motifs is 1. The summed E-state index contributed by atoms with van der Waals surface area (Å²) < 4.78 is 5.57. The number of amides is 1. The molecule has 1 aliphatic heterocycles. The largest absolute Gasteiger partial charge is 0.490 e. The highest BCUT2D eigenvalue weighted by atomic mass is 79.9. The first-order valence-corrected chi connectivity index (χ1v) is 9.33. The average Bonchev–Trinajstić information content (AvgIpc) is 2.89. The zero-order chi connectivity index (χ0) is 21.3. The summed E-state index contributed by atoms with van der Waals surface area (Å²) in [5, 5.41) is 22.4. The Morgan fingerprint density at radius 2 is 2.10 bits per heavy atom. The van der Waals surface area contributed by atoms with E-state index in [0.717, 1.165) is 6.07 Å². The van der Waals surface area contributed by atoms with Gasteiger partial charge in [0.25, 0.3) is 5.91 Å². The van der Waals surface area contributed by atoms with Crippen molar-refractivity contribution in [2.24, 2.45) is 0 Å². The lowest BCUT2D eigenvalue weighted by molar-refractivity contribution is -0.385. The van der Waals surface area contributed by atoms with E-state index in [-0.39, 0.29) is 29.1 Å². The van der Waals surface area contributed by atoms with Gasteiger partial charge in [-0.3, -0.25) is 19.7 Å². The fourth-order valence-corrected chi connectivity index (χ4v) is 3.71. The normalized spacial score (nSPS) is 17.8. The molecule has 1 N–H and O–H groups in total. The van der Waals surface area contributed by atoms with E-state index in [2.05, 4.69) is 22.5 Å². The SMILES string of the molecule is C=CCN1C(=O)[C@@](O)(CC(=O)c2ccc(OC)c([N+](=O)[O-])c2)c2cc(Br)ccc21. The number of nitro groups is 1. The zero-order valence-corrected chi connectivity index (χ0v) is 17.0. The van der Waals surface area contributed by atoms with Gasteiger partial charge in [0.2, 0.25) is 0 Å². The number of ketones is 1. The van der Waals surface area contributed by atoms with E-state index < -0.39 is 28.6 Å². The van der Waals surface area contributed by atoms with E-state index in [9.17, 15) is 24.8 Å². The molecule has 0 unspecified atom stereocenters. The second kappa shape index (κ2) is 7.76. The lowest BCUT2D eigenvalue weighted by atomic mass is 9.88. The number of halogens is 1. The van der Waals surface area contributed by atoms with Crippen LogP contribution in [0, 0.1) is 10.1 Å². The topological polar surface area (TPSA) is 110 Å². The highest BCUT2D eigenvalue weighted by Gasteiger charge is 2.50. The molecule has 0 saturated heterocycles. The van der Waals surface area contributed by atoms with Crippen molar-refractivity contribution >= 4 is 39.0 Å². The van der Waals surface area contributed by atoms with Crippen LogP contribution in [0.3, 0.4) is 0 Å².